The number of hydrogen-bond donors (Lipinski definition) is 0. The smallest absolute Gasteiger partial charge is 0.278 e. The zero-order valence-electron chi connectivity index (χ0n) is 19.7. The molecule has 3 aliphatic heterocycles. The lowest BCUT2D eigenvalue weighted by molar-refractivity contribution is -0.112. The molecule has 0 aliphatic carbocycles. The van der Waals surface area contributed by atoms with Gasteiger partial charge in [0.15, 0.2) is 0 Å². The van der Waals surface area contributed by atoms with Gasteiger partial charge >= 0.3 is 0 Å². The van der Waals surface area contributed by atoms with Crippen molar-refractivity contribution in [1.29, 1.82) is 0 Å². The predicted molar refractivity (Wildman–Crippen MR) is 130 cm³/mol. The molecule has 0 radical (unpaired) electrons. The van der Waals surface area contributed by atoms with E-state index in [1.165, 1.54) is 18.9 Å². The van der Waals surface area contributed by atoms with E-state index < -0.39 is 5.54 Å². The fourth-order valence-electron chi connectivity index (χ4n) is 5.19. The number of piperidine rings is 1. The SMILES string of the molecule is COc1ccc(N=C2C(=O)N3c4c(cc(F)cc42)C(CN2CCC(C)CC2)=CC3(C)C)cc1. The maximum absolute atomic E-state index is 14.9. The number of methoxy groups -OCH3 is 1. The second kappa shape index (κ2) is 8.10. The first-order chi connectivity index (χ1) is 15.8. The monoisotopic (exact) mass is 447 g/mol. The number of nitrogens with zero attached hydrogens (tertiary/aromatic N) is 3. The van der Waals surface area contributed by atoms with Crippen molar-refractivity contribution in [2.75, 3.05) is 31.6 Å². The number of likely N-dealkylation sites (tertiary alicyclic amines) is 1. The molecule has 5 nitrogen and oxygen atoms in total. The number of amides is 1. The van der Waals surface area contributed by atoms with E-state index in [2.05, 4.69) is 22.9 Å². The van der Waals surface area contributed by atoms with Gasteiger partial charge in [0.2, 0.25) is 0 Å². The average Bonchev–Trinajstić information content (AvgIpc) is 3.06. The van der Waals surface area contributed by atoms with Crippen LogP contribution in [0.1, 0.15) is 44.7 Å². The molecule has 5 rings (SSSR count). The first-order valence-corrected chi connectivity index (χ1v) is 11.6. The summed E-state index contributed by atoms with van der Waals surface area (Å²) < 4.78 is 20.1. The normalized spacial score (nSPS) is 21.4. The summed E-state index contributed by atoms with van der Waals surface area (Å²) in [7, 11) is 1.60. The zero-order chi connectivity index (χ0) is 23.3. The molecule has 0 saturated carbocycles. The largest absolute Gasteiger partial charge is 0.497 e. The van der Waals surface area contributed by atoms with E-state index in [1.54, 1.807) is 42.3 Å². The van der Waals surface area contributed by atoms with Gasteiger partial charge in [-0.15, -0.1) is 0 Å². The van der Waals surface area contributed by atoms with E-state index in [9.17, 15) is 9.18 Å². The van der Waals surface area contributed by atoms with Gasteiger partial charge in [-0.3, -0.25) is 14.6 Å². The van der Waals surface area contributed by atoms with Gasteiger partial charge in [-0.05, 0) is 87.7 Å². The molecule has 0 unspecified atom stereocenters. The van der Waals surface area contributed by atoms with E-state index in [0.717, 1.165) is 42.4 Å². The Morgan fingerprint density at radius 3 is 2.45 bits per heavy atom. The Bertz CT molecular complexity index is 1160. The molecule has 172 valence electrons. The summed E-state index contributed by atoms with van der Waals surface area (Å²) >= 11 is 0. The molecule has 3 aliphatic rings. The molecule has 1 fully saturated rings. The van der Waals surface area contributed by atoms with Crippen LogP contribution in [0, 0.1) is 11.7 Å². The molecular weight excluding hydrogens is 417 g/mol. The summed E-state index contributed by atoms with van der Waals surface area (Å²) in [6.07, 6.45) is 4.49. The van der Waals surface area contributed by atoms with Crippen LogP contribution in [0.5, 0.6) is 5.75 Å². The van der Waals surface area contributed by atoms with Crippen LogP contribution in [-0.2, 0) is 4.79 Å². The minimum absolute atomic E-state index is 0.195. The van der Waals surface area contributed by atoms with Gasteiger partial charge in [0.1, 0.15) is 17.3 Å². The van der Waals surface area contributed by atoms with Gasteiger partial charge in [-0.25, -0.2) is 9.38 Å². The summed E-state index contributed by atoms with van der Waals surface area (Å²) in [6.45, 7) is 9.23. The first kappa shape index (κ1) is 21.8. The van der Waals surface area contributed by atoms with E-state index in [0.29, 0.717) is 17.0 Å². The summed E-state index contributed by atoms with van der Waals surface area (Å²) in [4.78, 5) is 22.4. The minimum atomic E-state index is -0.535. The molecule has 2 aromatic rings. The summed E-state index contributed by atoms with van der Waals surface area (Å²) in [5.74, 6) is 0.923. The Labute approximate surface area is 194 Å². The fourth-order valence-corrected chi connectivity index (χ4v) is 5.19. The highest BCUT2D eigenvalue weighted by atomic mass is 19.1. The van der Waals surface area contributed by atoms with Gasteiger partial charge in [0, 0.05) is 17.7 Å². The third kappa shape index (κ3) is 3.86. The van der Waals surface area contributed by atoms with E-state index in [4.69, 9.17) is 4.74 Å². The van der Waals surface area contributed by atoms with Crippen LogP contribution in [0.2, 0.25) is 0 Å². The summed E-state index contributed by atoms with van der Waals surface area (Å²) in [5, 5.41) is 0. The van der Waals surface area contributed by atoms with Crippen molar-refractivity contribution in [1.82, 2.24) is 4.90 Å². The minimum Gasteiger partial charge on any atom is -0.497 e. The fraction of sp³-hybridized carbons (Fsp3) is 0.407. The summed E-state index contributed by atoms with van der Waals surface area (Å²) in [5.41, 5.74) is 3.61. The van der Waals surface area contributed by atoms with Crippen molar-refractivity contribution in [2.24, 2.45) is 10.9 Å². The van der Waals surface area contributed by atoms with Gasteiger partial charge in [-0.1, -0.05) is 13.0 Å². The Hall–Kier alpha value is -2.99. The number of hydrogen-bond acceptors (Lipinski definition) is 4. The number of carbonyl (C=O) groups excluding carboxylic acids is 1. The topological polar surface area (TPSA) is 45.1 Å². The number of halogens is 1. The van der Waals surface area contributed by atoms with Crippen molar-refractivity contribution in [3.05, 3.63) is 59.4 Å². The zero-order valence-corrected chi connectivity index (χ0v) is 19.7. The Morgan fingerprint density at radius 2 is 1.79 bits per heavy atom. The summed E-state index contributed by atoms with van der Waals surface area (Å²) in [6, 6.07) is 10.2. The number of carbonyl (C=O) groups is 1. The number of ether oxygens (including phenoxy) is 1. The molecule has 0 atom stereocenters. The van der Waals surface area contributed by atoms with Crippen LogP contribution in [0.4, 0.5) is 15.8 Å². The highest BCUT2D eigenvalue weighted by Gasteiger charge is 2.46. The Balaban J connectivity index is 1.58. The van der Waals surface area contributed by atoms with E-state index in [1.807, 2.05) is 13.8 Å². The van der Waals surface area contributed by atoms with Crippen molar-refractivity contribution in [2.45, 2.75) is 39.2 Å². The van der Waals surface area contributed by atoms with Crippen LogP contribution < -0.4 is 9.64 Å². The lowest BCUT2D eigenvalue weighted by Crippen LogP contribution is -2.48. The Morgan fingerprint density at radius 1 is 1.12 bits per heavy atom. The van der Waals surface area contributed by atoms with Gasteiger partial charge in [0.25, 0.3) is 5.91 Å². The average molecular weight is 448 g/mol. The number of benzene rings is 2. The number of aliphatic imine (C=N–C) groups is 1. The van der Waals surface area contributed by atoms with Gasteiger partial charge in [0.05, 0.1) is 24.0 Å². The third-order valence-corrected chi connectivity index (χ3v) is 6.99. The van der Waals surface area contributed by atoms with Crippen molar-refractivity contribution in [3.63, 3.8) is 0 Å². The van der Waals surface area contributed by atoms with Crippen LogP contribution >= 0.6 is 0 Å². The quantitative estimate of drug-likeness (QED) is 0.646. The van der Waals surface area contributed by atoms with Crippen LogP contribution in [0.25, 0.3) is 5.57 Å². The van der Waals surface area contributed by atoms with Crippen molar-refractivity contribution in [3.8, 4) is 5.75 Å². The maximum Gasteiger partial charge on any atom is 0.278 e. The number of rotatable bonds is 4. The van der Waals surface area contributed by atoms with Crippen LogP contribution in [0.15, 0.2) is 47.5 Å². The second-order valence-electron chi connectivity index (χ2n) is 9.93. The van der Waals surface area contributed by atoms with Gasteiger partial charge < -0.3 is 4.74 Å². The predicted octanol–water partition coefficient (Wildman–Crippen LogP) is 5.21. The molecule has 0 N–H and O–H groups in total. The number of anilines is 1. The maximum atomic E-state index is 14.9. The standard InChI is InChI=1S/C27H30FN3O2/c1-17-9-11-30(12-10-17)16-18-15-27(2,3)31-25-22(18)13-19(28)14-23(25)24(26(31)32)29-20-5-7-21(33-4)8-6-20/h5-8,13-15,17H,9-12,16H2,1-4H3. The van der Waals surface area contributed by atoms with E-state index >= 15 is 0 Å². The lowest BCUT2D eigenvalue weighted by atomic mass is 9.87. The molecule has 6 heteroatoms. The van der Waals surface area contributed by atoms with Crippen molar-refractivity contribution >= 4 is 28.6 Å². The molecule has 3 heterocycles. The molecule has 1 amide bonds. The Kier molecular flexibility index (Phi) is 5.36. The second-order valence-corrected chi connectivity index (χ2v) is 9.93. The molecular formula is C27H30FN3O2. The van der Waals surface area contributed by atoms with Crippen molar-refractivity contribution < 1.29 is 13.9 Å². The first-order valence-electron chi connectivity index (χ1n) is 11.6. The molecule has 2 aromatic carbocycles. The van der Waals surface area contributed by atoms with Crippen LogP contribution in [-0.4, -0.2) is 48.8 Å². The molecule has 1 saturated heterocycles. The molecule has 0 aromatic heterocycles. The third-order valence-electron chi connectivity index (χ3n) is 6.99. The highest BCUT2D eigenvalue weighted by Crippen LogP contribution is 2.46. The van der Waals surface area contributed by atoms with E-state index in [-0.39, 0.29) is 17.4 Å². The van der Waals surface area contributed by atoms with Gasteiger partial charge in [-0.2, -0.15) is 0 Å². The molecule has 0 spiro atoms. The highest BCUT2D eigenvalue weighted by molar-refractivity contribution is 6.55. The van der Waals surface area contributed by atoms with Crippen LogP contribution in [0.3, 0.4) is 0 Å². The molecule has 33 heavy (non-hydrogen) atoms. The lowest BCUT2D eigenvalue weighted by Gasteiger charge is -2.40. The molecule has 0 bridgehead atoms.